The van der Waals surface area contributed by atoms with Crippen molar-refractivity contribution in [3.63, 3.8) is 0 Å². The fraction of sp³-hybridized carbons (Fsp3) is 0.188. The molecule has 0 aliphatic carbocycles. The molecule has 0 saturated heterocycles. The van der Waals surface area contributed by atoms with E-state index in [1.807, 2.05) is 36.4 Å². The summed E-state index contributed by atoms with van der Waals surface area (Å²) < 4.78 is 5.69. The van der Waals surface area contributed by atoms with Crippen molar-refractivity contribution in [1.29, 1.82) is 0 Å². The van der Waals surface area contributed by atoms with Crippen LogP contribution in [-0.2, 0) is 17.6 Å². The molecule has 2 aromatic carbocycles. The number of ether oxygens (including phenoxy) is 1. The molecule has 19 heavy (non-hydrogen) atoms. The number of Topliss-reactive ketones (excluding diaryl/α,β-unsaturated/α-hetero) is 1. The average Bonchev–Trinajstić information content (AvgIpc) is 2.85. The Hall–Kier alpha value is -1.80. The van der Waals surface area contributed by atoms with Crippen molar-refractivity contribution < 1.29 is 9.53 Å². The van der Waals surface area contributed by atoms with Crippen LogP contribution in [0.4, 0.5) is 0 Å². The predicted molar refractivity (Wildman–Crippen MR) is 74.7 cm³/mol. The van der Waals surface area contributed by atoms with Crippen LogP contribution in [0.25, 0.3) is 0 Å². The normalized spacial score (nSPS) is 16.8. The summed E-state index contributed by atoms with van der Waals surface area (Å²) in [7, 11) is 0. The van der Waals surface area contributed by atoms with E-state index in [2.05, 4.69) is 0 Å². The van der Waals surface area contributed by atoms with Gasteiger partial charge in [-0.1, -0.05) is 41.9 Å². The Morgan fingerprint density at radius 3 is 2.63 bits per heavy atom. The lowest BCUT2D eigenvalue weighted by atomic mass is 10.0. The molecule has 0 radical (unpaired) electrons. The largest absolute Gasteiger partial charge is 0.482 e. The lowest BCUT2D eigenvalue weighted by Crippen LogP contribution is -2.26. The Labute approximate surface area is 117 Å². The summed E-state index contributed by atoms with van der Waals surface area (Å²) in [6.45, 7) is 0. The van der Waals surface area contributed by atoms with E-state index in [0.29, 0.717) is 17.9 Å². The second-order valence-corrected chi connectivity index (χ2v) is 5.12. The molecule has 0 amide bonds. The number of halogens is 1. The van der Waals surface area contributed by atoms with Gasteiger partial charge in [-0.2, -0.15) is 0 Å². The van der Waals surface area contributed by atoms with Gasteiger partial charge in [0.25, 0.3) is 0 Å². The van der Waals surface area contributed by atoms with Crippen LogP contribution in [0.2, 0.25) is 5.02 Å². The summed E-state index contributed by atoms with van der Waals surface area (Å²) in [5, 5.41) is 0.681. The first-order valence-corrected chi connectivity index (χ1v) is 6.62. The summed E-state index contributed by atoms with van der Waals surface area (Å²) in [6.07, 6.45) is 0.700. The Bertz CT molecular complexity index is 579. The third-order valence-electron chi connectivity index (χ3n) is 3.30. The van der Waals surface area contributed by atoms with Crippen molar-refractivity contribution >= 4 is 17.4 Å². The fourth-order valence-electron chi connectivity index (χ4n) is 2.28. The van der Waals surface area contributed by atoms with E-state index in [1.54, 1.807) is 12.1 Å². The van der Waals surface area contributed by atoms with Crippen LogP contribution in [0.15, 0.2) is 48.5 Å². The van der Waals surface area contributed by atoms with Crippen LogP contribution in [0.3, 0.4) is 0 Å². The zero-order valence-electron chi connectivity index (χ0n) is 10.3. The average molecular weight is 273 g/mol. The molecule has 3 rings (SSSR count). The number of hydrogen-bond donors (Lipinski definition) is 0. The van der Waals surface area contributed by atoms with Gasteiger partial charge in [-0.15, -0.1) is 0 Å². The minimum absolute atomic E-state index is 0.110. The number of carbonyl (C=O) groups is 1. The van der Waals surface area contributed by atoms with Crippen LogP contribution in [0.1, 0.15) is 11.1 Å². The molecule has 1 aliphatic rings. The van der Waals surface area contributed by atoms with Gasteiger partial charge in [0.05, 0.1) is 0 Å². The molecule has 1 heterocycles. The maximum Gasteiger partial charge on any atom is 0.177 e. The number of fused-ring (bicyclic) bond motifs is 1. The third kappa shape index (κ3) is 2.64. The fourth-order valence-corrected chi connectivity index (χ4v) is 2.40. The van der Waals surface area contributed by atoms with Gasteiger partial charge in [0, 0.05) is 17.9 Å². The molecule has 2 aromatic rings. The van der Waals surface area contributed by atoms with E-state index in [9.17, 15) is 4.79 Å². The molecule has 96 valence electrons. The van der Waals surface area contributed by atoms with Gasteiger partial charge in [0.1, 0.15) is 5.75 Å². The van der Waals surface area contributed by atoms with Crippen LogP contribution >= 0.6 is 11.6 Å². The Morgan fingerprint density at radius 1 is 1.16 bits per heavy atom. The van der Waals surface area contributed by atoms with Crippen LogP contribution in [0, 0.1) is 0 Å². The first-order valence-electron chi connectivity index (χ1n) is 6.24. The molecular formula is C16H13ClO2. The summed E-state index contributed by atoms with van der Waals surface area (Å²) in [5.74, 6) is 0.940. The Kier molecular flexibility index (Phi) is 3.26. The quantitative estimate of drug-likeness (QED) is 0.855. The van der Waals surface area contributed by atoms with Gasteiger partial charge < -0.3 is 4.74 Å². The number of para-hydroxylation sites is 1. The maximum atomic E-state index is 12.2. The molecule has 0 spiro atoms. The topological polar surface area (TPSA) is 26.3 Å². The second-order valence-electron chi connectivity index (χ2n) is 4.69. The van der Waals surface area contributed by atoms with Crippen LogP contribution in [0.5, 0.6) is 5.75 Å². The molecule has 1 unspecified atom stereocenters. The Morgan fingerprint density at radius 2 is 1.89 bits per heavy atom. The highest BCUT2D eigenvalue weighted by atomic mass is 35.5. The summed E-state index contributed by atoms with van der Waals surface area (Å²) >= 11 is 5.83. The number of rotatable bonds is 3. The van der Waals surface area contributed by atoms with Gasteiger partial charge in [0.15, 0.2) is 11.9 Å². The monoisotopic (exact) mass is 272 g/mol. The first kappa shape index (κ1) is 12.2. The van der Waals surface area contributed by atoms with Gasteiger partial charge in [0.2, 0.25) is 0 Å². The molecule has 0 fully saturated rings. The van der Waals surface area contributed by atoms with Crippen LogP contribution < -0.4 is 4.74 Å². The van der Waals surface area contributed by atoms with Crippen LogP contribution in [-0.4, -0.2) is 11.9 Å². The third-order valence-corrected chi connectivity index (χ3v) is 3.55. The van der Waals surface area contributed by atoms with E-state index < -0.39 is 0 Å². The molecule has 0 bridgehead atoms. The van der Waals surface area contributed by atoms with E-state index >= 15 is 0 Å². The summed E-state index contributed by atoms with van der Waals surface area (Å²) in [6, 6.07) is 15.2. The highest BCUT2D eigenvalue weighted by molar-refractivity contribution is 6.30. The maximum absolute atomic E-state index is 12.2. The number of ketones is 1. The lowest BCUT2D eigenvalue weighted by Gasteiger charge is -2.09. The standard InChI is InChI=1S/C16H13ClO2/c17-13-7-5-11(6-8-13)9-14(18)16-10-12-3-1-2-4-15(12)19-16/h1-8,16H,9-10H2. The van der Waals surface area contributed by atoms with Crippen molar-refractivity contribution in [3.05, 3.63) is 64.7 Å². The van der Waals surface area contributed by atoms with Gasteiger partial charge in [-0.25, -0.2) is 0 Å². The zero-order chi connectivity index (χ0) is 13.2. The summed E-state index contributed by atoms with van der Waals surface area (Å²) in [5.41, 5.74) is 2.07. The Balaban J connectivity index is 1.68. The number of benzene rings is 2. The second kappa shape index (κ2) is 5.06. The number of hydrogen-bond acceptors (Lipinski definition) is 2. The van der Waals surface area contributed by atoms with E-state index in [4.69, 9.17) is 16.3 Å². The molecule has 1 aliphatic heterocycles. The molecule has 1 atom stereocenters. The zero-order valence-corrected chi connectivity index (χ0v) is 11.1. The molecule has 0 aromatic heterocycles. The molecule has 0 N–H and O–H groups in total. The van der Waals surface area contributed by atoms with Crippen molar-refractivity contribution in [2.75, 3.05) is 0 Å². The SMILES string of the molecule is O=C(Cc1ccc(Cl)cc1)C1Cc2ccccc2O1. The van der Waals surface area contributed by atoms with E-state index in [-0.39, 0.29) is 11.9 Å². The van der Waals surface area contributed by atoms with Gasteiger partial charge >= 0.3 is 0 Å². The number of carbonyl (C=O) groups excluding carboxylic acids is 1. The van der Waals surface area contributed by atoms with Crippen molar-refractivity contribution in [1.82, 2.24) is 0 Å². The molecule has 2 nitrogen and oxygen atoms in total. The minimum Gasteiger partial charge on any atom is -0.482 e. The summed E-state index contributed by atoms with van der Waals surface area (Å²) in [4.78, 5) is 12.2. The van der Waals surface area contributed by atoms with Gasteiger partial charge in [-0.3, -0.25) is 4.79 Å². The van der Waals surface area contributed by atoms with Crippen molar-refractivity contribution in [2.24, 2.45) is 0 Å². The first-order chi connectivity index (χ1) is 9.22. The van der Waals surface area contributed by atoms with Gasteiger partial charge in [-0.05, 0) is 29.3 Å². The highest BCUT2D eigenvalue weighted by Crippen LogP contribution is 2.29. The smallest absolute Gasteiger partial charge is 0.177 e. The minimum atomic E-state index is -0.354. The molecular weight excluding hydrogens is 260 g/mol. The highest BCUT2D eigenvalue weighted by Gasteiger charge is 2.28. The van der Waals surface area contributed by atoms with Crippen molar-refractivity contribution in [2.45, 2.75) is 18.9 Å². The molecule has 3 heteroatoms. The van der Waals surface area contributed by atoms with E-state index in [0.717, 1.165) is 16.9 Å². The van der Waals surface area contributed by atoms with Crippen molar-refractivity contribution in [3.8, 4) is 5.75 Å². The predicted octanol–water partition coefficient (Wildman–Crippen LogP) is 3.46. The van der Waals surface area contributed by atoms with E-state index in [1.165, 1.54) is 0 Å². The lowest BCUT2D eigenvalue weighted by molar-refractivity contribution is -0.124. The molecule has 0 saturated carbocycles.